The van der Waals surface area contributed by atoms with Crippen molar-refractivity contribution in [2.75, 3.05) is 32.1 Å². The average Bonchev–Trinajstić information content (AvgIpc) is 2.38. The molecule has 19 heavy (non-hydrogen) atoms. The Morgan fingerprint density at radius 3 is 2.84 bits per heavy atom. The Labute approximate surface area is 113 Å². The van der Waals surface area contributed by atoms with Gasteiger partial charge in [-0.2, -0.15) is 0 Å². The minimum absolute atomic E-state index is 0.0879. The maximum atomic E-state index is 10.8. The fraction of sp³-hybridized carbons (Fsp3) is 0.615. The first-order valence-corrected chi connectivity index (χ1v) is 6.51. The van der Waals surface area contributed by atoms with Gasteiger partial charge in [-0.05, 0) is 39.9 Å². The molecule has 6 nitrogen and oxygen atoms in total. The standard InChI is InChI=1S/C13H20N4O2/c1-10-7-13(14-8-12(10)17(18)19)16-6-4-5-11(9-16)15(2)3/h7-8,11H,4-6,9H2,1-3H3. The number of aromatic nitrogens is 1. The first-order chi connectivity index (χ1) is 8.99. The fourth-order valence-electron chi connectivity index (χ4n) is 2.48. The Kier molecular flexibility index (Phi) is 3.99. The highest BCUT2D eigenvalue weighted by Gasteiger charge is 2.23. The van der Waals surface area contributed by atoms with Crippen LogP contribution in [0.4, 0.5) is 11.5 Å². The molecule has 2 rings (SSSR count). The van der Waals surface area contributed by atoms with Gasteiger partial charge in [0.05, 0.1) is 4.92 Å². The normalized spacial score (nSPS) is 19.8. The van der Waals surface area contributed by atoms with E-state index in [1.807, 2.05) is 6.07 Å². The molecule has 0 bridgehead atoms. The molecule has 1 aliphatic rings. The van der Waals surface area contributed by atoms with Gasteiger partial charge < -0.3 is 9.80 Å². The second-order valence-electron chi connectivity index (χ2n) is 5.29. The first-order valence-electron chi connectivity index (χ1n) is 6.51. The largest absolute Gasteiger partial charge is 0.355 e. The molecule has 0 spiro atoms. The number of nitrogens with zero attached hydrogens (tertiary/aromatic N) is 4. The first kappa shape index (κ1) is 13.7. The maximum Gasteiger partial charge on any atom is 0.290 e. The molecule has 104 valence electrons. The van der Waals surface area contributed by atoms with E-state index in [-0.39, 0.29) is 10.6 Å². The molecule has 6 heteroatoms. The number of hydrogen-bond acceptors (Lipinski definition) is 5. The molecule has 2 heterocycles. The summed E-state index contributed by atoms with van der Waals surface area (Å²) in [5, 5.41) is 10.8. The summed E-state index contributed by atoms with van der Waals surface area (Å²) in [6, 6.07) is 2.34. The van der Waals surface area contributed by atoms with Crippen LogP contribution in [0.3, 0.4) is 0 Å². The van der Waals surface area contributed by atoms with Gasteiger partial charge in [0.15, 0.2) is 0 Å². The van der Waals surface area contributed by atoms with Gasteiger partial charge in [-0.1, -0.05) is 0 Å². The van der Waals surface area contributed by atoms with Crippen LogP contribution in [0, 0.1) is 17.0 Å². The van der Waals surface area contributed by atoms with E-state index >= 15 is 0 Å². The fourth-order valence-corrected chi connectivity index (χ4v) is 2.48. The third-order valence-corrected chi connectivity index (χ3v) is 3.72. The molecule has 1 aliphatic heterocycles. The molecule has 0 amide bonds. The van der Waals surface area contributed by atoms with Gasteiger partial charge in [0.1, 0.15) is 12.0 Å². The summed E-state index contributed by atoms with van der Waals surface area (Å²) in [6.07, 6.45) is 3.68. The highest BCUT2D eigenvalue weighted by molar-refractivity contribution is 5.49. The summed E-state index contributed by atoms with van der Waals surface area (Å²) >= 11 is 0. The highest BCUT2D eigenvalue weighted by Crippen LogP contribution is 2.24. The summed E-state index contributed by atoms with van der Waals surface area (Å²) < 4.78 is 0. The van der Waals surface area contributed by atoms with Crippen molar-refractivity contribution in [1.82, 2.24) is 9.88 Å². The predicted molar refractivity (Wildman–Crippen MR) is 74.6 cm³/mol. The van der Waals surface area contributed by atoms with Crippen molar-refractivity contribution >= 4 is 11.5 Å². The summed E-state index contributed by atoms with van der Waals surface area (Å²) in [4.78, 5) is 19.1. The van der Waals surface area contributed by atoms with E-state index in [9.17, 15) is 10.1 Å². The van der Waals surface area contributed by atoms with Crippen LogP contribution in [0.1, 0.15) is 18.4 Å². The lowest BCUT2D eigenvalue weighted by molar-refractivity contribution is -0.385. The minimum atomic E-state index is -0.384. The van der Waals surface area contributed by atoms with Crippen LogP contribution in [0.2, 0.25) is 0 Å². The quantitative estimate of drug-likeness (QED) is 0.615. The molecular weight excluding hydrogens is 244 g/mol. The van der Waals surface area contributed by atoms with Crippen molar-refractivity contribution in [3.63, 3.8) is 0 Å². The highest BCUT2D eigenvalue weighted by atomic mass is 16.6. The molecule has 1 aromatic heterocycles. The maximum absolute atomic E-state index is 10.8. The Hall–Kier alpha value is -1.69. The van der Waals surface area contributed by atoms with Crippen LogP contribution in [0.15, 0.2) is 12.3 Å². The van der Waals surface area contributed by atoms with Crippen LogP contribution >= 0.6 is 0 Å². The summed E-state index contributed by atoms with van der Waals surface area (Å²) in [5.41, 5.74) is 0.756. The second kappa shape index (κ2) is 5.52. The Balaban J connectivity index is 2.18. The van der Waals surface area contributed by atoms with Crippen molar-refractivity contribution in [2.24, 2.45) is 0 Å². The van der Waals surface area contributed by atoms with Crippen LogP contribution in [-0.2, 0) is 0 Å². The number of piperidine rings is 1. The van der Waals surface area contributed by atoms with E-state index in [1.54, 1.807) is 6.92 Å². The molecule has 1 saturated heterocycles. The van der Waals surface area contributed by atoms with Crippen molar-refractivity contribution in [1.29, 1.82) is 0 Å². The summed E-state index contributed by atoms with van der Waals surface area (Å²) in [6.45, 7) is 3.66. The van der Waals surface area contributed by atoms with Gasteiger partial charge >= 0.3 is 0 Å². The number of hydrogen-bond donors (Lipinski definition) is 0. The molecule has 1 fully saturated rings. The van der Waals surface area contributed by atoms with E-state index in [0.29, 0.717) is 11.6 Å². The molecular formula is C13H20N4O2. The van der Waals surface area contributed by atoms with Crippen LogP contribution < -0.4 is 4.90 Å². The zero-order chi connectivity index (χ0) is 14.0. The van der Waals surface area contributed by atoms with Crippen LogP contribution in [-0.4, -0.2) is 48.0 Å². The van der Waals surface area contributed by atoms with E-state index in [4.69, 9.17) is 0 Å². The van der Waals surface area contributed by atoms with Gasteiger partial charge in [-0.3, -0.25) is 10.1 Å². The molecule has 1 aromatic rings. The van der Waals surface area contributed by atoms with Gasteiger partial charge in [-0.15, -0.1) is 0 Å². The zero-order valence-corrected chi connectivity index (χ0v) is 11.7. The van der Waals surface area contributed by atoms with E-state index < -0.39 is 0 Å². The smallest absolute Gasteiger partial charge is 0.290 e. The average molecular weight is 264 g/mol. The second-order valence-corrected chi connectivity index (χ2v) is 5.29. The van der Waals surface area contributed by atoms with Crippen molar-refractivity contribution < 1.29 is 4.92 Å². The number of nitro groups is 1. The van der Waals surface area contributed by atoms with Gasteiger partial charge in [0.2, 0.25) is 0 Å². The van der Waals surface area contributed by atoms with Crippen LogP contribution in [0.5, 0.6) is 0 Å². The van der Waals surface area contributed by atoms with E-state index in [2.05, 4.69) is 28.9 Å². The number of aryl methyl sites for hydroxylation is 1. The minimum Gasteiger partial charge on any atom is -0.355 e. The Bertz CT molecular complexity index is 476. The van der Waals surface area contributed by atoms with Crippen molar-refractivity contribution in [3.05, 3.63) is 27.9 Å². The third-order valence-electron chi connectivity index (χ3n) is 3.72. The Morgan fingerprint density at radius 2 is 2.26 bits per heavy atom. The number of anilines is 1. The van der Waals surface area contributed by atoms with E-state index in [1.165, 1.54) is 12.6 Å². The monoisotopic (exact) mass is 264 g/mol. The molecule has 0 saturated carbocycles. The van der Waals surface area contributed by atoms with Gasteiger partial charge in [-0.25, -0.2) is 4.98 Å². The van der Waals surface area contributed by atoms with Gasteiger partial charge in [0, 0.05) is 24.7 Å². The summed E-state index contributed by atoms with van der Waals surface area (Å²) in [7, 11) is 4.17. The van der Waals surface area contributed by atoms with Gasteiger partial charge in [0.25, 0.3) is 5.69 Å². The third kappa shape index (κ3) is 3.01. The molecule has 0 aliphatic carbocycles. The van der Waals surface area contributed by atoms with Crippen molar-refractivity contribution in [3.8, 4) is 0 Å². The summed E-state index contributed by atoms with van der Waals surface area (Å²) in [5.74, 6) is 0.842. The lowest BCUT2D eigenvalue weighted by Gasteiger charge is -2.36. The lowest BCUT2D eigenvalue weighted by Crippen LogP contribution is -2.45. The number of pyridine rings is 1. The molecule has 0 aromatic carbocycles. The lowest BCUT2D eigenvalue weighted by atomic mass is 10.0. The predicted octanol–water partition coefficient (Wildman–Crippen LogP) is 1.83. The molecule has 0 N–H and O–H groups in total. The molecule has 1 unspecified atom stereocenters. The zero-order valence-electron chi connectivity index (χ0n) is 11.7. The van der Waals surface area contributed by atoms with Crippen molar-refractivity contribution in [2.45, 2.75) is 25.8 Å². The molecule has 0 radical (unpaired) electrons. The molecule has 1 atom stereocenters. The van der Waals surface area contributed by atoms with E-state index in [0.717, 1.165) is 25.3 Å². The topological polar surface area (TPSA) is 62.5 Å². The number of likely N-dealkylation sites (N-methyl/N-ethyl adjacent to an activating group) is 1. The number of rotatable bonds is 3. The van der Waals surface area contributed by atoms with Crippen LogP contribution in [0.25, 0.3) is 0 Å². The SMILES string of the molecule is Cc1cc(N2CCCC(N(C)C)C2)ncc1[N+](=O)[O-]. The Morgan fingerprint density at radius 1 is 1.53 bits per heavy atom.